The van der Waals surface area contributed by atoms with Crippen molar-refractivity contribution in [2.45, 2.75) is 18.2 Å². The van der Waals surface area contributed by atoms with Gasteiger partial charge in [-0.1, -0.05) is 31.9 Å². The minimum absolute atomic E-state index is 0.189. The third-order valence-electron chi connectivity index (χ3n) is 1.89. The number of amides is 1. The maximum Gasteiger partial charge on any atom is 0.240 e. The molecule has 1 amide bonds. The van der Waals surface area contributed by atoms with Crippen LogP contribution in [0.1, 0.15) is 19.4 Å². The Bertz CT molecular complexity index is 458. The highest BCUT2D eigenvalue weighted by Crippen LogP contribution is 2.23. The van der Waals surface area contributed by atoms with Crippen molar-refractivity contribution in [2.75, 3.05) is 5.32 Å². The van der Waals surface area contributed by atoms with Crippen molar-refractivity contribution in [3.63, 3.8) is 0 Å². The molecule has 1 aromatic rings. The number of halogens is 2. The van der Waals surface area contributed by atoms with E-state index < -0.39 is 4.32 Å². The largest absolute Gasteiger partial charge is 0.324 e. The highest BCUT2D eigenvalue weighted by atomic mass is 79.9. The minimum atomic E-state index is -0.660. The molecule has 0 bridgehead atoms. The van der Waals surface area contributed by atoms with Crippen molar-refractivity contribution in [3.05, 3.63) is 28.2 Å². The number of nitriles is 1. The summed E-state index contributed by atoms with van der Waals surface area (Å²) < 4.78 is 0.146. The maximum atomic E-state index is 11.7. The lowest BCUT2D eigenvalue weighted by atomic mass is 10.1. The molecule has 0 spiro atoms. The van der Waals surface area contributed by atoms with Crippen LogP contribution in [0.3, 0.4) is 0 Å². The van der Waals surface area contributed by atoms with Crippen LogP contribution in [-0.4, -0.2) is 10.2 Å². The van der Waals surface area contributed by atoms with Gasteiger partial charge in [0.25, 0.3) is 0 Å². The second-order valence-corrected chi connectivity index (χ2v) is 6.63. The summed E-state index contributed by atoms with van der Waals surface area (Å²) in [5, 5.41) is 11.6. The summed E-state index contributed by atoms with van der Waals surface area (Å²) in [6.07, 6.45) is 0. The number of benzene rings is 1. The lowest BCUT2D eigenvalue weighted by molar-refractivity contribution is -0.117. The number of hydrogen-bond donors (Lipinski definition) is 1. The van der Waals surface area contributed by atoms with E-state index in [-0.39, 0.29) is 5.91 Å². The predicted molar refractivity (Wildman–Crippen MR) is 70.5 cm³/mol. The van der Waals surface area contributed by atoms with E-state index in [1.165, 1.54) is 0 Å². The second kappa shape index (κ2) is 4.98. The average Bonchev–Trinajstić information content (AvgIpc) is 2.19. The van der Waals surface area contributed by atoms with Gasteiger partial charge in [0.1, 0.15) is 6.07 Å². The summed E-state index contributed by atoms with van der Waals surface area (Å²) >= 11 is 6.53. The SMILES string of the molecule is CC(C)(Br)C(=O)Nc1ccc(Br)cc1C#N. The molecule has 0 radical (unpaired) electrons. The van der Waals surface area contributed by atoms with Gasteiger partial charge in [-0.25, -0.2) is 0 Å². The molecule has 84 valence electrons. The van der Waals surface area contributed by atoms with Crippen LogP contribution in [0.15, 0.2) is 22.7 Å². The molecule has 0 aliphatic carbocycles. The van der Waals surface area contributed by atoms with Gasteiger partial charge in [0, 0.05) is 4.47 Å². The van der Waals surface area contributed by atoms with Gasteiger partial charge in [0.15, 0.2) is 0 Å². The Morgan fingerprint density at radius 3 is 2.62 bits per heavy atom. The summed E-state index contributed by atoms with van der Waals surface area (Å²) in [5.41, 5.74) is 0.947. The van der Waals surface area contributed by atoms with Gasteiger partial charge < -0.3 is 5.32 Å². The third-order valence-corrected chi connectivity index (χ3v) is 2.74. The highest BCUT2D eigenvalue weighted by molar-refractivity contribution is 9.10. The fourth-order valence-corrected chi connectivity index (χ4v) is 1.45. The van der Waals surface area contributed by atoms with Gasteiger partial charge in [0.2, 0.25) is 5.91 Å². The number of anilines is 1. The number of hydrogen-bond acceptors (Lipinski definition) is 2. The Labute approximate surface area is 111 Å². The van der Waals surface area contributed by atoms with Crippen LogP contribution in [0.2, 0.25) is 0 Å². The Balaban J connectivity index is 2.99. The van der Waals surface area contributed by atoms with Crippen LogP contribution >= 0.6 is 31.9 Å². The van der Waals surface area contributed by atoms with Crippen LogP contribution in [0, 0.1) is 11.3 Å². The van der Waals surface area contributed by atoms with Crippen LogP contribution in [-0.2, 0) is 4.79 Å². The predicted octanol–water partition coefficient (Wildman–Crippen LogP) is 3.43. The van der Waals surface area contributed by atoms with E-state index in [9.17, 15) is 4.79 Å². The molecule has 0 unspecified atom stereocenters. The molecule has 1 N–H and O–H groups in total. The van der Waals surface area contributed by atoms with Crippen molar-refractivity contribution in [1.82, 2.24) is 0 Å². The van der Waals surface area contributed by atoms with Gasteiger partial charge in [-0.3, -0.25) is 4.79 Å². The quantitative estimate of drug-likeness (QED) is 0.835. The molecule has 0 saturated heterocycles. The number of alkyl halides is 1. The first-order valence-corrected chi connectivity index (χ1v) is 6.13. The molecule has 1 aromatic carbocycles. The zero-order valence-electron chi connectivity index (χ0n) is 8.84. The summed E-state index contributed by atoms with van der Waals surface area (Å²) in [5.74, 6) is -0.189. The van der Waals surface area contributed by atoms with Gasteiger partial charge in [-0.05, 0) is 32.0 Å². The molecule has 0 saturated carbocycles. The number of carbonyl (C=O) groups excluding carboxylic acids is 1. The molecule has 16 heavy (non-hydrogen) atoms. The average molecular weight is 346 g/mol. The summed E-state index contributed by atoms with van der Waals surface area (Å²) in [7, 11) is 0. The number of nitrogens with one attached hydrogen (secondary N) is 1. The zero-order valence-corrected chi connectivity index (χ0v) is 12.0. The molecule has 1 rings (SSSR count). The fourth-order valence-electron chi connectivity index (χ4n) is 0.989. The molecule has 0 fully saturated rings. The van der Waals surface area contributed by atoms with Gasteiger partial charge in [0.05, 0.1) is 15.6 Å². The van der Waals surface area contributed by atoms with Gasteiger partial charge in [-0.15, -0.1) is 0 Å². The highest BCUT2D eigenvalue weighted by Gasteiger charge is 2.24. The van der Waals surface area contributed by atoms with Crippen LogP contribution in [0.4, 0.5) is 5.69 Å². The fraction of sp³-hybridized carbons (Fsp3) is 0.273. The summed E-state index contributed by atoms with van der Waals surface area (Å²) in [6, 6.07) is 7.17. The first-order valence-electron chi connectivity index (χ1n) is 4.54. The topological polar surface area (TPSA) is 52.9 Å². The molecule has 0 aliphatic heterocycles. The standard InChI is InChI=1S/C11H10Br2N2O/c1-11(2,13)10(16)15-9-4-3-8(12)5-7(9)6-14/h3-5H,1-2H3,(H,15,16). The van der Waals surface area contributed by atoms with E-state index in [1.807, 2.05) is 6.07 Å². The Morgan fingerprint density at radius 2 is 2.12 bits per heavy atom. The maximum absolute atomic E-state index is 11.7. The Morgan fingerprint density at radius 1 is 1.50 bits per heavy atom. The molecule has 5 heteroatoms. The normalized spacial score (nSPS) is 10.7. The van der Waals surface area contributed by atoms with Crippen molar-refractivity contribution in [2.24, 2.45) is 0 Å². The lowest BCUT2D eigenvalue weighted by Gasteiger charge is -2.16. The van der Waals surface area contributed by atoms with Crippen molar-refractivity contribution < 1.29 is 4.79 Å². The van der Waals surface area contributed by atoms with Crippen molar-refractivity contribution >= 4 is 43.5 Å². The molecule has 0 aromatic heterocycles. The summed E-state index contributed by atoms with van der Waals surface area (Å²) in [6.45, 7) is 3.49. The van der Waals surface area contributed by atoms with Gasteiger partial charge in [-0.2, -0.15) is 5.26 Å². The van der Waals surface area contributed by atoms with E-state index >= 15 is 0 Å². The first kappa shape index (κ1) is 13.2. The van der Waals surface area contributed by atoms with E-state index in [4.69, 9.17) is 5.26 Å². The van der Waals surface area contributed by atoms with Crippen LogP contribution < -0.4 is 5.32 Å². The van der Waals surface area contributed by atoms with Crippen molar-refractivity contribution in [1.29, 1.82) is 5.26 Å². The number of carbonyl (C=O) groups is 1. The minimum Gasteiger partial charge on any atom is -0.324 e. The molecular formula is C11H10Br2N2O. The molecule has 0 heterocycles. The van der Waals surface area contributed by atoms with Crippen LogP contribution in [0.25, 0.3) is 0 Å². The smallest absolute Gasteiger partial charge is 0.240 e. The molecular weight excluding hydrogens is 336 g/mol. The Kier molecular flexibility index (Phi) is 4.11. The molecule has 3 nitrogen and oxygen atoms in total. The third kappa shape index (κ3) is 3.32. The zero-order chi connectivity index (χ0) is 12.3. The number of rotatable bonds is 2. The van der Waals surface area contributed by atoms with E-state index in [1.54, 1.807) is 32.0 Å². The lowest BCUT2D eigenvalue weighted by Crippen LogP contribution is -2.31. The van der Waals surface area contributed by atoms with E-state index in [0.29, 0.717) is 11.3 Å². The summed E-state index contributed by atoms with van der Waals surface area (Å²) in [4.78, 5) is 11.7. The van der Waals surface area contributed by atoms with Crippen molar-refractivity contribution in [3.8, 4) is 6.07 Å². The van der Waals surface area contributed by atoms with Gasteiger partial charge >= 0.3 is 0 Å². The second-order valence-electron chi connectivity index (χ2n) is 3.73. The monoisotopic (exact) mass is 344 g/mol. The van der Waals surface area contributed by atoms with Crippen LogP contribution in [0.5, 0.6) is 0 Å². The Hall–Kier alpha value is -0.860. The van der Waals surface area contributed by atoms with E-state index in [2.05, 4.69) is 37.2 Å². The first-order chi connectivity index (χ1) is 7.34. The molecule has 0 atom stereocenters. The number of nitrogens with zero attached hydrogens (tertiary/aromatic N) is 1. The van der Waals surface area contributed by atoms with E-state index in [0.717, 1.165) is 4.47 Å². The molecule has 0 aliphatic rings.